The predicted molar refractivity (Wildman–Crippen MR) is 85.8 cm³/mol. The number of halogens is 1. The normalized spacial score (nSPS) is 20.9. The van der Waals surface area contributed by atoms with Crippen molar-refractivity contribution in [3.8, 4) is 0 Å². The van der Waals surface area contributed by atoms with Crippen LogP contribution < -0.4 is 5.32 Å². The molecular formula is C17H28FN3. The molecule has 1 unspecified atom stereocenters. The van der Waals surface area contributed by atoms with Crippen molar-refractivity contribution >= 4 is 0 Å². The van der Waals surface area contributed by atoms with E-state index >= 15 is 0 Å². The smallest absolute Gasteiger partial charge is 0.127 e. The summed E-state index contributed by atoms with van der Waals surface area (Å²) in [6.07, 6.45) is 1.15. The Morgan fingerprint density at radius 1 is 1.29 bits per heavy atom. The monoisotopic (exact) mass is 293 g/mol. The van der Waals surface area contributed by atoms with E-state index in [1.165, 1.54) is 0 Å². The van der Waals surface area contributed by atoms with Crippen molar-refractivity contribution < 1.29 is 4.39 Å². The molecule has 118 valence electrons. The number of piperazine rings is 1. The highest BCUT2D eigenvalue weighted by molar-refractivity contribution is 5.25. The topological polar surface area (TPSA) is 18.5 Å². The summed E-state index contributed by atoms with van der Waals surface area (Å²) in [5, 5.41) is 3.29. The number of hydrogen-bond donors (Lipinski definition) is 1. The third-order valence-electron chi connectivity index (χ3n) is 4.42. The van der Waals surface area contributed by atoms with Gasteiger partial charge in [-0.3, -0.25) is 4.90 Å². The van der Waals surface area contributed by atoms with Gasteiger partial charge >= 0.3 is 0 Å². The number of likely N-dealkylation sites (N-methyl/N-ethyl adjacent to an activating group) is 1. The zero-order valence-corrected chi connectivity index (χ0v) is 13.5. The average Bonchev–Trinajstić information content (AvgIpc) is 2.50. The molecule has 0 radical (unpaired) electrons. The van der Waals surface area contributed by atoms with E-state index in [1.54, 1.807) is 6.07 Å². The van der Waals surface area contributed by atoms with Crippen LogP contribution in [0.25, 0.3) is 0 Å². The summed E-state index contributed by atoms with van der Waals surface area (Å²) in [5.74, 6) is -0.0813. The van der Waals surface area contributed by atoms with Crippen molar-refractivity contribution in [2.75, 3.05) is 33.2 Å². The van der Waals surface area contributed by atoms with Gasteiger partial charge in [0.1, 0.15) is 5.82 Å². The first-order valence-electron chi connectivity index (χ1n) is 8.04. The standard InChI is InChI=1S/C17H28FN3/c1-4-16-13-21(9-8-20(16)3)12-15-10-14(11-19-5-2)6-7-17(15)18/h6-7,10,16,19H,4-5,8-9,11-13H2,1-3H3. The second-order valence-electron chi connectivity index (χ2n) is 5.98. The number of hydrogen-bond acceptors (Lipinski definition) is 3. The molecule has 0 aliphatic carbocycles. The van der Waals surface area contributed by atoms with E-state index in [0.717, 1.165) is 56.8 Å². The summed E-state index contributed by atoms with van der Waals surface area (Å²) >= 11 is 0. The van der Waals surface area contributed by atoms with E-state index in [4.69, 9.17) is 0 Å². The van der Waals surface area contributed by atoms with Crippen LogP contribution in [0.3, 0.4) is 0 Å². The lowest BCUT2D eigenvalue weighted by Gasteiger charge is -2.39. The SMILES string of the molecule is CCNCc1ccc(F)c(CN2CCN(C)C(CC)C2)c1. The fraction of sp³-hybridized carbons (Fsp3) is 0.647. The van der Waals surface area contributed by atoms with Gasteiger partial charge in [-0.05, 0) is 31.6 Å². The minimum absolute atomic E-state index is 0.0813. The lowest BCUT2D eigenvalue weighted by molar-refractivity contribution is 0.0876. The molecule has 21 heavy (non-hydrogen) atoms. The molecule has 2 rings (SSSR count). The summed E-state index contributed by atoms with van der Waals surface area (Å²) in [5.41, 5.74) is 1.99. The fourth-order valence-corrected chi connectivity index (χ4v) is 2.96. The minimum atomic E-state index is -0.0813. The maximum atomic E-state index is 14.0. The Morgan fingerprint density at radius 2 is 2.10 bits per heavy atom. The third-order valence-corrected chi connectivity index (χ3v) is 4.42. The Bertz CT molecular complexity index is 450. The first kappa shape index (κ1) is 16.4. The van der Waals surface area contributed by atoms with Gasteiger partial charge < -0.3 is 10.2 Å². The van der Waals surface area contributed by atoms with Gasteiger partial charge in [0, 0.05) is 44.3 Å². The molecule has 1 fully saturated rings. The Balaban J connectivity index is 2.01. The Kier molecular flexibility index (Phi) is 6.15. The highest BCUT2D eigenvalue weighted by Gasteiger charge is 2.23. The van der Waals surface area contributed by atoms with E-state index in [9.17, 15) is 4.39 Å². The largest absolute Gasteiger partial charge is 0.313 e. The number of nitrogens with zero attached hydrogens (tertiary/aromatic N) is 2. The number of rotatable bonds is 6. The molecule has 0 bridgehead atoms. The van der Waals surface area contributed by atoms with Gasteiger partial charge in [-0.2, -0.15) is 0 Å². The molecule has 1 atom stereocenters. The predicted octanol–water partition coefficient (Wildman–Crippen LogP) is 2.46. The Morgan fingerprint density at radius 3 is 2.81 bits per heavy atom. The van der Waals surface area contributed by atoms with Crippen LogP contribution in [0.5, 0.6) is 0 Å². The summed E-state index contributed by atoms with van der Waals surface area (Å²) in [7, 11) is 2.18. The Labute approximate surface area is 128 Å². The zero-order chi connectivity index (χ0) is 15.2. The van der Waals surface area contributed by atoms with Gasteiger partial charge in [0.15, 0.2) is 0 Å². The van der Waals surface area contributed by atoms with Crippen molar-refractivity contribution in [2.24, 2.45) is 0 Å². The van der Waals surface area contributed by atoms with E-state index in [0.29, 0.717) is 6.04 Å². The molecular weight excluding hydrogens is 265 g/mol. The molecule has 0 aromatic heterocycles. The second-order valence-corrected chi connectivity index (χ2v) is 5.98. The van der Waals surface area contributed by atoms with E-state index in [1.807, 2.05) is 12.1 Å². The number of nitrogens with one attached hydrogen (secondary N) is 1. The summed E-state index contributed by atoms with van der Waals surface area (Å²) in [6, 6.07) is 6.08. The van der Waals surface area contributed by atoms with Crippen LogP contribution in [0.1, 0.15) is 31.4 Å². The first-order chi connectivity index (χ1) is 10.1. The maximum Gasteiger partial charge on any atom is 0.127 e. The van der Waals surface area contributed by atoms with Crippen LogP contribution in [-0.2, 0) is 13.1 Å². The maximum absolute atomic E-state index is 14.0. The van der Waals surface area contributed by atoms with Gasteiger partial charge in [-0.25, -0.2) is 4.39 Å². The molecule has 1 N–H and O–H groups in total. The quantitative estimate of drug-likeness (QED) is 0.869. The van der Waals surface area contributed by atoms with Gasteiger partial charge in [-0.1, -0.05) is 26.0 Å². The van der Waals surface area contributed by atoms with Crippen molar-refractivity contribution in [1.82, 2.24) is 15.1 Å². The zero-order valence-electron chi connectivity index (χ0n) is 13.5. The Hall–Kier alpha value is -0.970. The second kappa shape index (κ2) is 7.87. The summed E-state index contributed by atoms with van der Waals surface area (Å²) < 4.78 is 14.0. The first-order valence-corrected chi connectivity index (χ1v) is 8.04. The van der Waals surface area contributed by atoms with E-state index in [-0.39, 0.29) is 5.82 Å². The van der Waals surface area contributed by atoms with Gasteiger partial charge in [0.05, 0.1) is 0 Å². The van der Waals surface area contributed by atoms with Gasteiger partial charge in [-0.15, -0.1) is 0 Å². The van der Waals surface area contributed by atoms with Crippen molar-refractivity contribution in [3.63, 3.8) is 0 Å². The molecule has 0 amide bonds. The van der Waals surface area contributed by atoms with Crippen LogP contribution in [0.2, 0.25) is 0 Å². The lowest BCUT2D eigenvalue weighted by Crippen LogP contribution is -2.50. The molecule has 1 heterocycles. The number of benzene rings is 1. The highest BCUT2D eigenvalue weighted by Crippen LogP contribution is 2.17. The molecule has 1 aliphatic rings. The highest BCUT2D eigenvalue weighted by atomic mass is 19.1. The third kappa shape index (κ3) is 4.50. The van der Waals surface area contributed by atoms with Crippen LogP contribution in [0, 0.1) is 5.82 Å². The molecule has 3 nitrogen and oxygen atoms in total. The minimum Gasteiger partial charge on any atom is -0.313 e. The van der Waals surface area contributed by atoms with Crippen molar-refractivity contribution in [1.29, 1.82) is 0 Å². The van der Waals surface area contributed by atoms with Gasteiger partial charge in [0.2, 0.25) is 0 Å². The van der Waals surface area contributed by atoms with Crippen LogP contribution in [0.4, 0.5) is 4.39 Å². The molecule has 0 saturated carbocycles. The summed E-state index contributed by atoms with van der Waals surface area (Å²) in [6.45, 7) is 9.89. The average molecular weight is 293 g/mol. The fourth-order valence-electron chi connectivity index (χ4n) is 2.96. The molecule has 4 heteroatoms. The van der Waals surface area contributed by atoms with E-state index in [2.05, 4.69) is 36.0 Å². The van der Waals surface area contributed by atoms with E-state index < -0.39 is 0 Å². The van der Waals surface area contributed by atoms with Crippen LogP contribution in [0.15, 0.2) is 18.2 Å². The summed E-state index contributed by atoms with van der Waals surface area (Å²) in [4.78, 5) is 4.79. The van der Waals surface area contributed by atoms with Crippen LogP contribution in [-0.4, -0.2) is 49.1 Å². The van der Waals surface area contributed by atoms with Crippen molar-refractivity contribution in [3.05, 3.63) is 35.1 Å². The van der Waals surface area contributed by atoms with Crippen molar-refractivity contribution in [2.45, 2.75) is 39.4 Å². The molecule has 1 aromatic carbocycles. The van der Waals surface area contributed by atoms with Crippen LogP contribution >= 0.6 is 0 Å². The van der Waals surface area contributed by atoms with Gasteiger partial charge in [0.25, 0.3) is 0 Å². The molecule has 1 aromatic rings. The molecule has 1 aliphatic heterocycles. The molecule has 0 spiro atoms. The molecule has 1 saturated heterocycles. The lowest BCUT2D eigenvalue weighted by atomic mass is 10.1.